The molecule has 1 N–H and O–H groups in total. The predicted octanol–water partition coefficient (Wildman–Crippen LogP) is 2.46. The predicted molar refractivity (Wildman–Crippen MR) is 91.7 cm³/mol. The van der Waals surface area contributed by atoms with Gasteiger partial charge in [0.2, 0.25) is 11.0 Å². The molecule has 0 radical (unpaired) electrons. The van der Waals surface area contributed by atoms with Crippen LogP contribution < -0.4 is 10.1 Å². The lowest BCUT2D eigenvalue weighted by atomic mass is 10.3. The summed E-state index contributed by atoms with van der Waals surface area (Å²) in [5.41, 5.74) is 0.724. The normalized spacial score (nSPS) is 14.5. The van der Waals surface area contributed by atoms with Crippen LogP contribution in [0.5, 0.6) is 5.75 Å². The highest BCUT2D eigenvalue weighted by molar-refractivity contribution is 7.88. The Bertz CT molecular complexity index is 851. The highest BCUT2D eigenvalue weighted by Crippen LogP contribution is 2.30. The van der Waals surface area contributed by atoms with Crippen LogP contribution >= 0.6 is 0 Å². The minimum Gasteiger partial charge on any atom is -0.486 e. The summed E-state index contributed by atoms with van der Waals surface area (Å²) < 4.78 is 35.9. The lowest BCUT2D eigenvalue weighted by Gasteiger charge is -2.08. The zero-order valence-corrected chi connectivity index (χ0v) is 14.9. The maximum Gasteiger partial charge on any atom is 0.275 e. The Hall–Kier alpha value is -2.32. The first-order valence-electron chi connectivity index (χ1n) is 7.91. The van der Waals surface area contributed by atoms with Crippen molar-refractivity contribution in [2.45, 2.75) is 24.5 Å². The Balaban J connectivity index is 1.56. The first kappa shape index (κ1) is 17.5. The number of rotatable bonds is 7. The van der Waals surface area contributed by atoms with E-state index >= 15 is 0 Å². The van der Waals surface area contributed by atoms with Crippen LogP contribution in [-0.2, 0) is 21.4 Å². The Morgan fingerprint density at radius 1 is 1.20 bits per heavy atom. The van der Waals surface area contributed by atoms with Crippen molar-refractivity contribution in [3.05, 3.63) is 42.2 Å². The molecule has 0 atom stereocenters. The smallest absolute Gasteiger partial charge is 0.275 e. The van der Waals surface area contributed by atoms with Crippen molar-refractivity contribution in [1.29, 1.82) is 0 Å². The van der Waals surface area contributed by atoms with Crippen molar-refractivity contribution in [2.75, 3.05) is 19.4 Å². The molecule has 0 unspecified atom stereocenters. The van der Waals surface area contributed by atoms with Gasteiger partial charge in [-0.05, 0) is 49.2 Å². The molecule has 1 aliphatic rings. The second-order valence-corrected chi connectivity index (χ2v) is 8.17. The summed E-state index contributed by atoms with van der Waals surface area (Å²) in [6, 6.07) is 9.98. The van der Waals surface area contributed by atoms with Gasteiger partial charge in [0.1, 0.15) is 18.1 Å². The number of nitrogens with one attached hydrogen (secondary N) is 1. The van der Waals surface area contributed by atoms with Crippen molar-refractivity contribution in [1.82, 2.24) is 4.31 Å². The Kier molecular flexibility index (Phi) is 4.82. The molecule has 0 aliphatic heterocycles. The number of furan rings is 1. The minimum atomic E-state index is -3.59. The highest BCUT2D eigenvalue weighted by atomic mass is 32.2. The Morgan fingerprint density at radius 3 is 2.48 bits per heavy atom. The number of benzene rings is 1. The molecule has 0 spiro atoms. The van der Waals surface area contributed by atoms with Gasteiger partial charge < -0.3 is 14.5 Å². The zero-order chi connectivity index (χ0) is 18.0. The minimum absolute atomic E-state index is 0.0545. The molecule has 1 saturated carbocycles. The summed E-state index contributed by atoms with van der Waals surface area (Å²) >= 11 is 0. The fraction of sp³-hybridized carbons (Fsp3) is 0.353. The van der Waals surface area contributed by atoms with Crippen LogP contribution in [0.25, 0.3) is 0 Å². The third-order valence-corrected chi connectivity index (χ3v) is 5.51. The lowest BCUT2D eigenvalue weighted by Crippen LogP contribution is -2.21. The van der Waals surface area contributed by atoms with E-state index in [0.29, 0.717) is 11.5 Å². The van der Waals surface area contributed by atoms with Crippen LogP contribution in [0.2, 0.25) is 0 Å². The average Bonchev–Trinajstić information content (AvgIpc) is 3.32. The number of hydrogen-bond donors (Lipinski definition) is 1. The fourth-order valence-corrected chi connectivity index (χ4v) is 2.95. The van der Waals surface area contributed by atoms with Crippen LogP contribution in [-0.4, -0.2) is 32.7 Å². The largest absolute Gasteiger partial charge is 0.486 e. The van der Waals surface area contributed by atoms with E-state index < -0.39 is 10.0 Å². The molecule has 25 heavy (non-hydrogen) atoms. The SMILES string of the molecule is CN(C)S(=O)(=O)c1ccc(COc2ccc(NC(=O)C3CC3)cc2)o1. The molecule has 1 aromatic heterocycles. The molecule has 2 aromatic rings. The number of ether oxygens (including phenoxy) is 1. The first-order chi connectivity index (χ1) is 11.9. The van der Waals surface area contributed by atoms with Crippen LogP contribution in [0.3, 0.4) is 0 Å². The van der Waals surface area contributed by atoms with Crippen molar-refractivity contribution in [3.8, 4) is 5.75 Å². The third-order valence-electron chi connectivity index (χ3n) is 3.82. The third kappa shape index (κ3) is 4.21. The topological polar surface area (TPSA) is 88.9 Å². The van der Waals surface area contributed by atoms with E-state index in [1.165, 1.54) is 20.2 Å². The standard InChI is InChI=1S/C17H20N2O5S/c1-19(2)25(21,22)16-10-9-15(24-16)11-23-14-7-5-13(6-8-14)18-17(20)12-3-4-12/h5-10,12H,3-4,11H2,1-2H3,(H,18,20). The quantitative estimate of drug-likeness (QED) is 0.815. The molecule has 7 nitrogen and oxygen atoms in total. The molecule has 1 aliphatic carbocycles. The van der Waals surface area contributed by atoms with Gasteiger partial charge >= 0.3 is 0 Å². The van der Waals surface area contributed by atoms with Crippen molar-refractivity contribution in [2.24, 2.45) is 5.92 Å². The second kappa shape index (κ2) is 6.89. The molecule has 134 valence electrons. The lowest BCUT2D eigenvalue weighted by molar-refractivity contribution is -0.117. The fourth-order valence-electron chi connectivity index (χ4n) is 2.13. The van der Waals surface area contributed by atoms with Gasteiger partial charge in [0.15, 0.2) is 0 Å². The molecule has 1 fully saturated rings. The van der Waals surface area contributed by atoms with E-state index in [9.17, 15) is 13.2 Å². The van der Waals surface area contributed by atoms with Gasteiger partial charge in [-0.25, -0.2) is 12.7 Å². The summed E-state index contributed by atoms with van der Waals surface area (Å²) in [5, 5.41) is 2.73. The van der Waals surface area contributed by atoms with Crippen LogP contribution in [0.4, 0.5) is 5.69 Å². The van der Waals surface area contributed by atoms with Crippen molar-refractivity contribution >= 4 is 21.6 Å². The maximum atomic E-state index is 12.0. The average molecular weight is 364 g/mol. The van der Waals surface area contributed by atoms with Gasteiger partial charge in [-0.2, -0.15) is 0 Å². The highest BCUT2D eigenvalue weighted by Gasteiger charge is 2.29. The molecule has 0 bridgehead atoms. The van der Waals surface area contributed by atoms with E-state index in [4.69, 9.17) is 9.15 Å². The number of anilines is 1. The molecular formula is C17H20N2O5S. The number of nitrogens with zero attached hydrogens (tertiary/aromatic N) is 1. The summed E-state index contributed by atoms with van der Waals surface area (Å²) in [7, 11) is -0.703. The van der Waals surface area contributed by atoms with E-state index in [-0.39, 0.29) is 23.5 Å². The summed E-state index contributed by atoms with van der Waals surface area (Å²) in [4.78, 5) is 11.7. The van der Waals surface area contributed by atoms with E-state index in [0.717, 1.165) is 22.8 Å². The molecule has 1 aromatic carbocycles. The van der Waals surface area contributed by atoms with Gasteiger partial charge in [-0.3, -0.25) is 4.79 Å². The van der Waals surface area contributed by atoms with Gasteiger partial charge in [0.25, 0.3) is 10.0 Å². The second-order valence-electron chi connectivity index (χ2n) is 6.08. The molecule has 8 heteroatoms. The van der Waals surface area contributed by atoms with Crippen LogP contribution in [0.1, 0.15) is 18.6 Å². The number of hydrogen-bond acceptors (Lipinski definition) is 5. The number of carbonyl (C=O) groups is 1. The van der Waals surface area contributed by atoms with Gasteiger partial charge in [0, 0.05) is 25.7 Å². The van der Waals surface area contributed by atoms with Crippen LogP contribution in [0, 0.1) is 5.92 Å². The maximum absolute atomic E-state index is 12.0. The molecule has 1 heterocycles. The number of amides is 1. The summed E-state index contributed by atoms with van der Waals surface area (Å²) in [6.07, 6.45) is 1.92. The zero-order valence-electron chi connectivity index (χ0n) is 14.1. The summed E-state index contributed by atoms with van der Waals surface area (Å²) in [5.74, 6) is 1.21. The molecule has 1 amide bonds. The van der Waals surface area contributed by atoms with E-state index in [1.54, 1.807) is 30.3 Å². The van der Waals surface area contributed by atoms with Gasteiger partial charge in [-0.1, -0.05) is 0 Å². The van der Waals surface area contributed by atoms with E-state index in [2.05, 4.69) is 5.32 Å². The Labute approximate surface area is 146 Å². The number of carbonyl (C=O) groups excluding carboxylic acids is 1. The van der Waals surface area contributed by atoms with E-state index in [1.807, 2.05) is 0 Å². The summed E-state index contributed by atoms with van der Waals surface area (Å²) in [6.45, 7) is 0.108. The van der Waals surface area contributed by atoms with Gasteiger partial charge in [-0.15, -0.1) is 0 Å². The van der Waals surface area contributed by atoms with Crippen LogP contribution in [0.15, 0.2) is 45.9 Å². The monoisotopic (exact) mass is 364 g/mol. The van der Waals surface area contributed by atoms with Crippen molar-refractivity contribution < 1.29 is 22.4 Å². The Morgan fingerprint density at radius 2 is 1.88 bits per heavy atom. The first-order valence-corrected chi connectivity index (χ1v) is 9.35. The van der Waals surface area contributed by atoms with Gasteiger partial charge in [0.05, 0.1) is 0 Å². The molecule has 3 rings (SSSR count). The number of sulfonamides is 1. The van der Waals surface area contributed by atoms with Crippen molar-refractivity contribution in [3.63, 3.8) is 0 Å². The molecular weight excluding hydrogens is 344 g/mol. The molecule has 0 saturated heterocycles.